The van der Waals surface area contributed by atoms with Crippen LogP contribution < -0.4 is 14.8 Å². The number of ether oxygens (including phenoxy) is 2. The summed E-state index contributed by atoms with van der Waals surface area (Å²) in [5.41, 5.74) is 1.53. The molecule has 2 aromatic rings. The van der Waals surface area contributed by atoms with Gasteiger partial charge in [-0.3, -0.25) is 9.80 Å². The fourth-order valence-electron chi connectivity index (χ4n) is 3.08. The zero-order valence-electron chi connectivity index (χ0n) is 16.4. The number of hydrazine groups is 1. The maximum absolute atomic E-state index is 13.1. The van der Waals surface area contributed by atoms with Crippen LogP contribution in [0.2, 0.25) is 5.02 Å². The summed E-state index contributed by atoms with van der Waals surface area (Å²) in [7, 11) is 2.99. The Morgan fingerprint density at radius 3 is 2.55 bits per heavy atom. The van der Waals surface area contributed by atoms with Gasteiger partial charge < -0.3 is 14.8 Å². The van der Waals surface area contributed by atoms with Crippen molar-refractivity contribution >= 4 is 34.8 Å². The van der Waals surface area contributed by atoms with Gasteiger partial charge in [0, 0.05) is 30.7 Å². The van der Waals surface area contributed by atoms with Crippen LogP contribution in [0.4, 0.5) is 0 Å². The minimum Gasteiger partial charge on any atom is -0.481 e. The van der Waals surface area contributed by atoms with Gasteiger partial charge >= 0.3 is 0 Å². The number of carbonyl (C=O) groups excluding carboxylic acids is 1. The molecule has 0 saturated carbocycles. The van der Waals surface area contributed by atoms with Gasteiger partial charge in [-0.25, -0.2) is 5.01 Å². The Morgan fingerprint density at radius 2 is 1.86 bits per heavy atom. The maximum Gasteiger partial charge on any atom is 0.277 e. The van der Waals surface area contributed by atoms with E-state index in [9.17, 15) is 4.79 Å². The van der Waals surface area contributed by atoms with Gasteiger partial charge in [0.05, 0.1) is 14.2 Å². The molecule has 29 heavy (non-hydrogen) atoms. The van der Waals surface area contributed by atoms with Crippen LogP contribution in [0, 0.1) is 0 Å². The number of nitrogens with one attached hydrogen (secondary N) is 1. The highest BCUT2D eigenvalue weighted by Gasteiger charge is 2.31. The second-order valence-electron chi connectivity index (χ2n) is 6.42. The number of pyridine rings is 1. The number of carbonyl (C=O) groups is 1. The monoisotopic (exact) mass is 434 g/mol. The molecule has 9 heteroatoms. The molecule has 0 unspecified atom stereocenters. The summed E-state index contributed by atoms with van der Waals surface area (Å²) in [6.07, 6.45) is 1.63. The van der Waals surface area contributed by atoms with Crippen LogP contribution in [0.5, 0.6) is 11.8 Å². The van der Waals surface area contributed by atoms with E-state index in [0.29, 0.717) is 41.2 Å². The lowest BCUT2D eigenvalue weighted by Crippen LogP contribution is -2.49. The Bertz CT molecular complexity index is 879. The standard InChI is InChI=1S/C20H23ClN4O3S/c1-27-17-9-8-16(18(23-17)28-2)19(26)24-12-3-13-25(24)20(29)22-11-10-14-4-6-15(21)7-5-14/h4-9H,3,10-13H2,1-2H3,(H,22,29). The number of methoxy groups -OCH3 is 2. The van der Waals surface area contributed by atoms with Gasteiger partial charge in [-0.05, 0) is 48.8 Å². The van der Waals surface area contributed by atoms with E-state index in [2.05, 4.69) is 10.3 Å². The largest absolute Gasteiger partial charge is 0.481 e. The number of aromatic nitrogens is 1. The lowest BCUT2D eigenvalue weighted by atomic mass is 10.1. The summed E-state index contributed by atoms with van der Waals surface area (Å²) in [4.78, 5) is 17.3. The van der Waals surface area contributed by atoms with Crippen molar-refractivity contribution < 1.29 is 14.3 Å². The third-order valence-corrected chi connectivity index (χ3v) is 5.18. The molecular formula is C20H23ClN4O3S. The Labute approximate surface area is 180 Å². The Hall–Kier alpha value is -2.58. The molecule has 0 bridgehead atoms. The Morgan fingerprint density at radius 1 is 1.14 bits per heavy atom. The van der Waals surface area contributed by atoms with Crippen molar-refractivity contribution in [1.82, 2.24) is 20.3 Å². The first-order valence-corrected chi connectivity index (χ1v) is 10.0. The third kappa shape index (κ3) is 5.07. The Balaban J connectivity index is 1.63. The van der Waals surface area contributed by atoms with Crippen molar-refractivity contribution in [3.8, 4) is 11.8 Å². The number of amides is 1. The van der Waals surface area contributed by atoms with Crippen LogP contribution in [0.1, 0.15) is 22.3 Å². The van der Waals surface area contributed by atoms with Crippen molar-refractivity contribution in [2.75, 3.05) is 33.9 Å². The van der Waals surface area contributed by atoms with E-state index in [1.54, 1.807) is 22.2 Å². The van der Waals surface area contributed by atoms with Crippen LogP contribution in [0.25, 0.3) is 0 Å². The molecule has 3 rings (SSSR count). The first kappa shape index (κ1) is 21.1. The van der Waals surface area contributed by atoms with Crippen LogP contribution in [0.15, 0.2) is 36.4 Å². The molecule has 2 heterocycles. The summed E-state index contributed by atoms with van der Waals surface area (Å²) >= 11 is 11.4. The number of hydrogen-bond acceptors (Lipinski definition) is 5. The predicted octanol–water partition coefficient (Wildman–Crippen LogP) is 2.93. The van der Waals surface area contributed by atoms with Crippen LogP contribution in [-0.2, 0) is 6.42 Å². The van der Waals surface area contributed by atoms with Gasteiger partial charge in [0.15, 0.2) is 5.11 Å². The molecule has 0 atom stereocenters. The average Bonchev–Trinajstić information content (AvgIpc) is 3.24. The number of rotatable bonds is 6. The minimum absolute atomic E-state index is 0.212. The predicted molar refractivity (Wildman–Crippen MR) is 115 cm³/mol. The first-order chi connectivity index (χ1) is 14.0. The van der Waals surface area contributed by atoms with Crippen molar-refractivity contribution in [1.29, 1.82) is 0 Å². The molecule has 1 fully saturated rings. The second-order valence-corrected chi connectivity index (χ2v) is 7.25. The molecule has 0 radical (unpaired) electrons. The summed E-state index contributed by atoms with van der Waals surface area (Å²) in [5, 5.41) is 7.89. The molecule has 1 amide bonds. The molecule has 0 aliphatic carbocycles. The highest BCUT2D eigenvalue weighted by molar-refractivity contribution is 7.80. The van der Waals surface area contributed by atoms with Crippen LogP contribution in [0.3, 0.4) is 0 Å². The van der Waals surface area contributed by atoms with Crippen molar-refractivity contribution in [3.63, 3.8) is 0 Å². The lowest BCUT2D eigenvalue weighted by Gasteiger charge is -2.30. The number of halogens is 1. The molecule has 0 spiro atoms. The van der Waals surface area contributed by atoms with Crippen molar-refractivity contribution in [3.05, 3.63) is 52.5 Å². The van der Waals surface area contributed by atoms with Gasteiger partial charge in [0.1, 0.15) is 5.56 Å². The summed E-state index contributed by atoms with van der Waals surface area (Å²) in [5.74, 6) is 0.398. The summed E-state index contributed by atoms with van der Waals surface area (Å²) < 4.78 is 10.4. The van der Waals surface area contributed by atoms with E-state index in [4.69, 9.17) is 33.3 Å². The van der Waals surface area contributed by atoms with Gasteiger partial charge in [-0.1, -0.05) is 23.7 Å². The van der Waals surface area contributed by atoms with Crippen LogP contribution in [-0.4, -0.2) is 59.9 Å². The SMILES string of the molecule is COc1ccc(C(=O)N2CCCN2C(=S)NCCc2ccc(Cl)cc2)c(OC)n1. The zero-order valence-corrected chi connectivity index (χ0v) is 17.9. The summed E-state index contributed by atoms with van der Waals surface area (Å²) in [6, 6.07) is 11.0. The number of thiocarbonyl (C=S) groups is 1. The molecule has 1 saturated heterocycles. The molecule has 7 nitrogen and oxygen atoms in total. The molecule has 1 aromatic carbocycles. The van der Waals surface area contributed by atoms with E-state index in [-0.39, 0.29) is 11.8 Å². The topological polar surface area (TPSA) is 66.9 Å². The lowest BCUT2D eigenvalue weighted by molar-refractivity contribution is 0.0487. The quantitative estimate of drug-likeness (QED) is 0.701. The molecular weight excluding hydrogens is 412 g/mol. The fraction of sp³-hybridized carbons (Fsp3) is 0.350. The van der Waals surface area contributed by atoms with E-state index in [0.717, 1.165) is 18.4 Å². The van der Waals surface area contributed by atoms with Crippen molar-refractivity contribution in [2.24, 2.45) is 0 Å². The van der Waals surface area contributed by atoms with E-state index >= 15 is 0 Å². The van der Waals surface area contributed by atoms with Crippen molar-refractivity contribution in [2.45, 2.75) is 12.8 Å². The molecule has 1 aliphatic rings. The van der Waals surface area contributed by atoms with E-state index in [1.165, 1.54) is 14.2 Å². The first-order valence-electron chi connectivity index (χ1n) is 9.24. The van der Waals surface area contributed by atoms with Gasteiger partial charge in [0.2, 0.25) is 11.8 Å². The highest BCUT2D eigenvalue weighted by atomic mass is 35.5. The normalized spacial score (nSPS) is 13.3. The van der Waals surface area contributed by atoms with Gasteiger partial charge in [0.25, 0.3) is 5.91 Å². The fourth-order valence-corrected chi connectivity index (χ4v) is 3.50. The van der Waals surface area contributed by atoms with Gasteiger partial charge in [-0.2, -0.15) is 4.98 Å². The molecule has 1 aliphatic heterocycles. The van der Waals surface area contributed by atoms with E-state index < -0.39 is 0 Å². The molecule has 1 N–H and O–H groups in total. The minimum atomic E-state index is -0.212. The number of nitrogens with zero attached hydrogens (tertiary/aromatic N) is 3. The molecule has 1 aromatic heterocycles. The summed E-state index contributed by atoms with van der Waals surface area (Å²) in [6.45, 7) is 1.91. The number of hydrogen-bond donors (Lipinski definition) is 1. The maximum atomic E-state index is 13.1. The van der Waals surface area contributed by atoms with Gasteiger partial charge in [-0.15, -0.1) is 0 Å². The second kappa shape index (κ2) is 9.76. The highest BCUT2D eigenvalue weighted by Crippen LogP contribution is 2.24. The van der Waals surface area contributed by atoms with E-state index in [1.807, 2.05) is 24.3 Å². The Kier molecular flexibility index (Phi) is 7.11. The third-order valence-electron chi connectivity index (χ3n) is 4.57. The number of benzene rings is 1. The molecule has 154 valence electrons. The van der Waals surface area contributed by atoms with Crippen LogP contribution >= 0.6 is 23.8 Å². The average molecular weight is 435 g/mol. The smallest absolute Gasteiger partial charge is 0.277 e. The zero-order chi connectivity index (χ0) is 20.8.